The Hall–Kier alpha value is -2.21. The molecule has 6 heteroatoms. The Morgan fingerprint density at radius 3 is 3.08 bits per heavy atom. The zero-order chi connectivity index (χ0) is 18.4. The van der Waals surface area contributed by atoms with Gasteiger partial charge < -0.3 is 15.0 Å². The SMILES string of the molecule is CC(CCC1CCCO1)NC(=O)CCCc1nc2ccccc2c(=O)[nH]1. The van der Waals surface area contributed by atoms with Gasteiger partial charge in [0.15, 0.2) is 0 Å². The van der Waals surface area contributed by atoms with Crippen LogP contribution in [0.4, 0.5) is 0 Å². The molecular weight excluding hydrogens is 330 g/mol. The van der Waals surface area contributed by atoms with Crippen LogP contribution in [0, 0.1) is 0 Å². The highest BCUT2D eigenvalue weighted by Gasteiger charge is 2.17. The first-order chi connectivity index (χ1) is 12.6. The van der Waals surface area contributed by atoms with Gasteiger partial charge in [0.25, 0.3) is 5.56 Å². The molecule has 1 fully saturated rings. The molecule has 2 atom stereocenters. The van der Waals surface area contributed by atoms with E-state index in [9.17, 15) is 9.59 Å². The molecule has 0 spiro atoms. The molecule has 2 unspecified atom stereocenters. The number of benzene rings is 1. The second-order valence-electron chi connectivity index (χ2n) is 7.06. The van der Waals surface area contributed by atoms with Crippen molar-refractivity contribution < 1.29 is 9.53 Å². The van der Waals surface area contributed by atoms with E-state index in [1.165, 1.54) is 0 Å². The van der Waals surface area contributed by atoms with Gasteiger partial charge in [-0.05, 0) is 51.2 Å². The van der Waals surface area contributed by atoms with Crippen LogP contribution < -0.4 is 10.9 Å². The molecule has 1 aromatic heterocycles. The zero-order valence-corrected chi connectivity index (χ0v) is 15.3. The van der Waals surface area contributed by atoms with Crippen molar-refractivity contribution in [2.45, 2.75) is 64.0 Å². The van der Waals surface area contributed by atoms with Gasteiger partial charge in [-0.25, -0.2) is 4.98 Å². The number of hydrogen-bond acceptors (Lipinski definition) is 4. The topological polar surface area (TPSA) is 84.1 Å². The Labute approximate surface area is 153 Å². The third kappa shape index (κ3) is 5.14. The Kier molecular flexibility index (Phi) is 6.39. The number of carbonyl (C=O) groups is 1. The van der Waals surface area contributed by atoms with Crippen LogP contribution in [0.5, 0.6) is 0 Å². The fraction of sp³-hybridized carbons (Fsp3) is 0.550. The molecule has 2 heterocycles. The van der Waals surface area contributed by atoms with E-state index in [4.69, 9.17) is 4.74 Å². The van der Waals surface area contributed by atoms with Crippen molar-refractivity contribution in [2.75, 3.05) is 6.61 Å². The molecule has 2 N–H and O–H groups in total. The van der Waals surface area contributed by atoms with Crippen molar-refractivity contribution in [1.29, 1.82) is 0 Å². The lowest BCUT2D eigenvalue weighted by Crippen LogP contribution is -2.33. The van der Waals surface area contributed by atoms with E-state index in [1.54, 1.807) is 6.07 Å². The van der Waals surface area contributed by atoms with Gasteiger partial charge in [-0.2, -0.15) is 0 Å². The third-order valence-electron chi connectivity index (χ3n) is 4.83. The Bertz CT molecular complexity index is 796. The molecule has 1 saturated heterocycles. The number of amides is 1. The summed E-state index contributed by atoms with van der Waals surface area (Å²) in [4.78, 5) is 31.4. The first kappa shape index (κ1) is 18.6. The highest BCUT2D eigenvalue weighted by atomic mass is 16.5. The number of aromatic amines is 1. The molecule has 6 nitrogen and oxygen atoms in total. The predicted octanol–water partition coefficient (Wildman–Crippen LogP) is 2.71. The first-order valence-electron chi connectivity index (χ1n) is 9.51. The number of H-pyrrole nitrogens is 1. The molecule has 140 valence electrons. The van der Waals surface area contributed by atoms with Crippen molar-refractivity contribution in [1.82, 2.24) is 15.3 Å². The van der Waals surface area contributed by atoms with Gasteiger partial charge in [0, 0.05) is 25.5 Å². The number of nitrogens with zero attached hydrogens (tertiary/aromatic N) is 1. The van der Waals surface area contributed by atoms with Crippen LogP contribution in [-0.2, 0) is 16.0 Å². The van der Waals surface area contributed by atoms with Crippen LogP contribution in [0.2, 0.25) is 0 Å². The van der Waals surface area contributed by atoms with Crippen LogP contribution in [0.1, 0.15) is 51.3 Å². The van der Waals surface area contributed by atoms with Crippen molar-refractivity contribution in [3.05, 3.63) is 40.4 Å². The Morgan fingerprint density at radius 1 is 1.42 bits per heavy atom. The monoisotopic (exact) mass is 357 g/mol. The van der Waals surface area contributed by atoms with Crippen LogP contribution in [0.3, 0.4) is 0 Å². The number of ether oxygens (including phenoxy) is 1. The molecule has 2 aromatic rings. The van der Waals surface area contributed by atoms with E-state index in [2.05, 4.69) is 15.3 Å². The summed E-state index contributed by atoms with van der Waals surface area (Å²) in [5, 5.41) is 3.64. The van der Waals surface area contributed by atoms with E-state index in [-0.39, 0.29) is 17.5 Å². The summed E-state index contributed by atoms with van der Waals surface area (Å²) in [6.07, 6.45) is 6.27. The van der Waals surface area contributed by atoms with Crippen LogP contribution in [-0.4, -0.2) is 34.6 Å². The number of aromatic nitrogens is 2. The average molecular weight is 357 g/mol. The van der Waals surface area contributed by atoms with Gasteiger partial charge in [0.05, 0.1) is 17.0 Å². The lowest BCUT2D eigenvalue weighted by atomic mass is 10.1. The molecule has 0 radical (unpaired) electrons. The number of fused-ring (bicyclic) bond motifs is 1. The van der Waals surface area contributed by atoms with Crippen LogP contribution in [0.25, 0.3) is 10.9 Å². The number of carbonyl (C=O) groups excluding carboxylic acids is 1. The van der Waals surface area contributed by atoms with E-state index < -0.39 is 0 Å². The molecule has 0 saturated carbocycles. The molecule has 0 aliphatic carbocycles. The van der Waals surface area contributed by atoms with E-state index >= 15 is 0 Å². The second kappa shape index (κ2) is 8.94. The van der Waals surface area contributed by atoms with Gasteiger partial charge in [-0.1, -0.05) is 12.1 Å². The second-order valence-corrected chi connectivity index (χ2v) is 7.06. The van der Waals surface area contributed by atoms with E-state index in [1.807, 2.05) is 25.1 Å². The fourth-order valence-electron chi connectivity index (χ4n) is 3.40. The van der Waals surface area contributed by atoms with Gasteiger partial charge in [0.1, 0.15) is 5.82 Å². The quantitative estimate of drug-likeness (QED) is 0.761. The molecule has 1 amide bonds. The number of rotatable bonds is 8. The summed E-state index contributed by atoms with van der Waals surface area (Å²) < 4.78 is 5.61. The Balaban J connectivity index is 1.41. The average Bonchev–Trinajstić information content (AvgIpc) is 3.14. The molecule has 1 aliphatic heterocycles. The number of nitrogens with one attached hydrogen (secondary N) is 2. The van der Waals surface area contributed by atoms with Crippen LogP contribution in [0.15, 0.2) is 29.1 Å². The van der Waals surface area contributed by atoms with E-state index in [0.29, 0.717) is 42.1 Å². The summed E-state index contributed by atoms with van der Waals surface area (Å²) in [6.45, 7) is 2.91. The van der Waals surface area contributed by atoms with Gasteiger partial charge in [0.2, 0.25) is 5.91 Å². The molecule has 1 aliphatic rings. The summed E-state index contributed by atoms with van der Waals surface area (Å²) >= 11 is 0. The molecule has 26 heavy (non-hydrogen) atoms. The van der Waals surface area contributed by atoms with E-state index in [0.717, 1.165) is 32.3 Å². The number of para-hydroxylation sites is 1. The minimum atomic E-state index is -0.127. The highest BCUT2D eigenvalue weighted by molar-refractivity contribution is 5.77. The summed E-state index contributed by atoms with van der Waals surface area (Å²) in [6, 6.07) is 7.44. The molecular formula is C20H27N3O3. The summed E-state index contributed by atoms with van der Waals surface area (Å²) in [7, 11) is 0. The minimum absolute atomic E-state index is 0.0491. The standard InChI is InChI=1S/C20H27N3O3/c1-14(11-12-15-6-5-13-26-15)21-19(24)10-4-9-18-22-17-8-3-2-7-16(17)20(25)23-18/h2-3,7-8,14-15H,4-6,9-13H2,1H3,(H,21,24)(H,22,23,25). The van der Waals surface area contributed by atoms with Crippen molar-refractivity contribution in [3.8, 4) is 0 Å². The lowest BCUT2D eigenvalue weighted by molar-refractivity contribution is -0.121. The van der Waals surface area contributed by atoms with Crippen molar-refractivity contribution in [3.63, 3.8) is 0 Å². The van der Waals surface area contributed by atoms with Gasteiger partial charge in [-0.3, -0.25) is 9.59 Å². The normalized spacial score (nSPS) is 18.1. The number of hydrogen-bond donors (Lipinski definition) is 2. The number of aryl methyl sites for hydroxylation is 1. The maximum atomic E-state index is 12.1. The zero-order valence-electron chi connectivity index (χ0n) is 15.3. The summed E-state index contributed by atoms with van der Waals surface area (Å²) in [5.74, 6) is 0.681. The summed E-state index contributed by atoms with van der Waals surface area (Å²) in [5.41, 5.74) is 0.566. The maximum absolute atomic E-state index is 12.1. The molecule has 3 rings (SSSR count). The molecule has 1 aromatic carbocycles. The first-order valence-corrected chi connectivity index (χ1v) is 9.51. The van der Waals surface area contributed by atoms with Crippen LogP contribution >= 0.6 is 0 Å². The minimum Gasteiger partial charge on any atom is -0.378 e. The maximum Gasteiger partial charge on any atom is 0.258 e. The fourth-order valence-corrected chi connectivity index (χ4v) is 3.40. The van der Waals surface area contributed by atoms with Gasteiger partial charge >= 0.3 is 0 Å². The predicted molar refractivity (Wildman–Crippen MR) is 101 cm³/mol. The Morgan fingerprint density at radius 2 is 2.27 bits per heavy atom. The van der Waals surface area contributed by atoms with Gasteiger partial charge in [-0.15, -0.1) is 0 Å². The largest absolute Gasteiger partial charge is 0.378 e. The smallest absolute Gasteiger partial charge is 0.258 e. The third-order valence-corrected chi connectivity index (χ3v) is 4.83. The van der Waals surface area contributed by atoms with Crippen molar-refractivity contribution in [2.24, 2.45) is 0 Å². The highest BCUT2D eigenvalue weighted by Crippen LogP contribution is 2.17. The van der Waals surface area contributed by atoms with Crippen molar-refractivity contribution >= 4 is 16.8 Å². The molecule has 0 bridgehead atoms. The lowest BCUT2D eigenvalue weighted by Gasteiger charge is -2.16.